The second kappa shape index (κ2) is 11.3. The molecule has 0 saturated heterocycles. The zero-order chi connectivity index (χ0) is 13.8. The van der Waals surface area contributed by atoms with Crippen molar-refractivity contribution >= 4 is 11.8 Å². The molecular weight excluding hydrogens is 224 g/mol. The molecule has 0 saturated carbocycles. The molecule has 0 aliphatic carbocycles. The van der Waals surface area contributed by atoms with E-state index in [1.807, 2.05) is 0 Å². The van der Waals surface area contributed by atoms with Crippen LogP contribution in [0, 0.1) is 0 Å². The first kappa shape index (κ1) is 13.9. The van der Waals surface area contributed by atoms with E-state index in [-0.39, 0.29) is 24.8 Å². The summed E-state index contributed by atoms with van der Waals surface area (Å²) in [5.41, 5.74) is 0. The van der Waals surface area contributed by atoms with Crippen LogP contribution in [0.1, 0.15) is 21.1 Å². The SMILES string of the molecule is [2H]C(CNC(=O)CCOCCOC)C(=O)NCC. The van der Waals surface area contributed by atoms with Gasteiger partial charge in [-0.25, -0.2) is 0 Å². The van der Waals surface area contributed by atoms with Gasteiger partial charge in [0.25, 0.3) is 0 Å². The summed E-state index contributed by atoms with van der Waals surface area (Å²) < 4.78 is 17.4. The Labute approximate surface area is 103 Å². The van der Waals surface area contributed by atoms with Crippen LogP contribution in [0.3, 0.4) is 0 Å². The molecule has 6 nitrogen and oxygen atoms in total. The summed E-state index contributed by atoms with van der Waals surface area (Å²) in [6.07, 6.45) is -0.755. The average molecular weight is 247 g/mol. The maximum atomic E-state index is 11.3. The van der Waals surface area contributed by atoms with Crippen molar-refractivity contribution in [3.05, 3.63) is 0 Å². The Morgan fingerprint density at radius 1 is 1.18 bits per heavy atom. The van der Waals surface area contributed by atoms with E-state index in [9.17, 15) is 9.59 Å². The topological polar surface area (TPSA) is 76.7 Å². The Bertz CT molecular complexity index is 251. The number of nitrogens with one attached hydrogen (secondary N) is 2. The molecule has 2 amide bonds. The van der Waals surface area contributed by atoms with E-state index < -0.39 is 6.40 Å². The van der Waals surface area contributed by atoms with Gasteiger partial charge in [-0.15, -0.1) is 0 Å². The number of ether oxygens (including phenoxy) is 2. The minimum Gasteiger partial charge on any atom is -0.382 e. The van der Waals surface area contributed by atoms with Gasteiger partial charge in [0.2, 0.25) is 11.8 Å². The number of carbonyl (C=O) groups excluding carboxylic acids is 2. The molecule has 0 aliphatic heterocycles. The highest BCUT2D eigenvalue weighted by atomic mass is 16.5. The van der Waals surface area contributed by atoms with E-state index in [1.54, 1.807) is 14.0 Å². The Balaban J connectivity index is 3.54. The Morgan fingerprint density at radius 3 is 2.59 bits per heavy atom. The molecule has 1 unspecified atom stereocenters. The van der Waals surface area contributed by atoms with Crippen LogP contribution in [0.5, 0.6) is 0 Å². The lowest BCUT2D eigenvalue weighted by Crippen LogP contribution is -2.31. The Hall–Kier alpha value is -1.14. The van der Waals surface area contributed by atoms with Crippen molar-refractivity contribution in [2.45, 2.75) is 19.7 Å². The van der Waals surface area contributed by atoms with Gasteiger partial charge in [0, 0.05) is 34.4 Å². The third-order valence-electron chi connectivity index (χ3n) is 1.84. The number of hydrogen-bond donors (Lipinski definition) is 2. The van der Waals surface area contributed by atoms with Crippen molar-refractivity contribution in [3.63, 3.8) is 0 Å². The van der Waals surface area contributed by atoms with Crippen molar-refractivity contribution in [3.8, 4) is 0 Å². The van der Waals surface area contributed by atoms with Crippen LogP contribution in [-0.2, 0) is 19.1 Å². The molecule has 0 fully saturated rings. The number of methoxy groups -OCH3 is 1. The molecule has 0 aromatic rings. The van der Waals surface area contributed by atoms with Crippen LogP contribution >= 0.6 is 0 Å². The maximum absolute atomic E-state index is 11.3. The molecule has 1 atom stereocenters. The van der Waals surface area contributed by atoms with E-state index in [0.717, 1.165) is 0 Å². The molecule has 0 aromatic carbocycles. The van der Waals surface area contributed by atoms with Crippen LogP contribution in [0.15, 0.2) is 0 Å². The molecule has 17 heavy (non-hydrogen) atoms. The summed E-state index contributed by atoms with van der Waals surface area (Å²) in [5.74, 6) is -0.608. The predicted molar refractivity (Wildman–Crippen MR) is 63.6 cm³/mol. The van der Waals surface area contributed by atoms with E-state index in [2.05, 4.69) is 10.6 Å². The van der Waals surface area contributed by atoms with Gasteiger partial charge in [0.15, 0.2) is 0 Å². The third kappa shape index (κ3) is 11.1. The van der Waals surface area contributed by atoms with Crippen molar-refractivity contribution in [2.75, 3.05) is 40.0 Å². The van der Waals surface area contributed by atoms with E-state index in [1.165, 1.54) is 0 Å². The fraction of sp³-hybridized carbons (Fsp3) is 0.818. The lowest BCUT2D eigenvalue weighted by Gasteiger charge is -2.06. The Kier molecular flexibility index (Phi) is 9.29. The van der Waals surface area contributed by atoms with Gasteiger partial charge in [-0.2, -0.15) is 0 Å². The predicted octanol–water partition coefficient (Wildman–Crippen LogP) is -0.318. The first-order valence-electron chi connectivity index (χ1n) is 6.22. The molecule has 0 bridgehead atoms. The summed E-state index contributed by atoms with van der Waals surface area (Å²) in [6.45, 7) is 3.52. The van der Waals surface area contributed by atoms with Crippen LogP contribution < -0.4 is 10.6 Å². The molecule has 100 valence electrons. The molecule has 0 rings (SSSR count). The van der Waals surface area contributed by atoms with Crippen molar-refractivity contribution in [2.24, 2.45) is 0 Å². The number of rotatable bonds is 10. The monoisotopic (exact) mass is 247 g/mol. The minimum atomic E-state index is -0.969. The van der Waals surface area contributed by atoms with Crippen LogP contribution in [0.25, 0.3) is 0 Å². The smallest absolute Gasteiger partial charge is 0.222 e. The zero-order valence-corrected chi connectivity index (χ0v) is 10.5. The highest BCUT2D eigenvalue weighted by Gasteiger charge is 2.03. The molecule has 0 aromatic heterocycles. The molecule has 6 heteroatoms. The number of amides is 2. The number of hydrogen-bond acceptors (Lipinski definition) is 4. The van der Waals surface area contributed by atoms with Crippen LogP contribution in [-0.4, -0.2) is 51.8 Å². The Morgan fingerprint density at radius 2 is 1.94 bits per heavy atom. The van der Waals surface area contributed by atoms with E-state index in [4.69, 9.17) is 10.8 Å². The standard InChI is InChI=1S/C11H22N2O4/c1-3-12-10(14)4-6-13-11(15)5-7-17-9-8-16-2/h3-9H2,1-2H3,(H,12,14)(H,13,15)/i4D. The summed E-state index contributed by atoms with van der Waals surface area (Å²) in [6, 6.07) is 0. The first-order chi connectivity index (χ1) is 8.61. The maximum Gasteiger partial charge on any atom is 0.222 e. The first-order valence-corrected chi connectivity index (χ1v) is 5.65. The van der Waals surface area contributed by atoms with Crippen molar-refractivity contribution in [1.29, 1.82) is 0 Å². The van der Waals surface area contributed by atoms with Crippen molar-refractivity contribution < 1.29 is 20.4 Å². The second-order valence-electron chi connectivity index (χ2n) is 3.26. The van der Waals surface area contributed by atoms with Gasteiger partial charge >= 0.3 is 0 Å². The summed E-state index contributed by atoms with van der Waals surface area (Å²) in [4.78, 5) is 22.5. The van der Waals surface area contributed by atoms with Crippen LogP contribution in [0.4, 0.5) is 0 Å². The molecule has 0 heterocycles. The lowest BCUT2D eigenvalue weighted by molar-refractivity contribution is -0.123. The highest BCUT2D eigenvalue weighted by Crippen LogP contribution is 1.85. The summed E-state index contributed by atoms with van der Waals surface area (Å²) in [7, 11) is 1.58. The molecule has 0 aliphatic rings. The van der Waals surface area contributed by atoms with Gasteiger partial charge in [-0.3, -0.25) is 9.59 Å². The highest BCUT2D eigenvalue weighted by molar-refractivity contribution is 5.78. The van der Waals surface area contributed by atoms with E-state index >= 15 is 0 Å². The van der Waals surface area contributed by atoms with Gasteiger partial charge in [0.1, 0.15) is 0 Å². The fourth-order valence-electron chi connectivity index (χ4n) is 1.00. The minimum absolute atomic E-state index is 0.0166. The molecule has 0 radical (unpaired) electrons. The van der Waals surface area contributed by atoms with Gasteiger partial charge in [-0.1, -0.05) is 0 Å². The third-order valence-corrected chi connectivity index (χ3v) is 1.84. The van der Waals surface area contributed by atoms with Gasteiger partial charge in [-0.05, 0) is 6.92 Å². The quantitative estimate of drug-likeness (QED) is 0.519. The summed E-state index contributed by atoms with van der Waals surface area (Å²) in [5, 5.41) is 5.03. The van der Waals surface area contributed by atoms with Crippen molar-refractivity contribution in [1.82, 2.24) is 10.6 Å². The average Bonchev–Trinajstić information content (AvgIpc) is 2.36. The molecule has 2 N–H and O–H groups in total. The van der Waals surface area contributed by atoms with Gasteiger partial charge < -0.3 is 20.1 Å². The molecular formula is C11H22N2O4. The van der Waals surface area contributed by atoms with Gasteiger partial charge in [0.05, 0.1) is 19.8 Å². The second-order valence-corrected chi connectivity index (χ2v) is 3.26. The van der Waals surface area contributed by atoms with Crippen LogP contribution in [0.2, 0.25) is 0 Å². The normalized spacial score (nSPS) is 12.7. The van der Waals surface area contributed by atoms with E-state index in [0.29, 0.717) is 26.4 Å². The largest absolute Gasteiger partial charge is 0.382 e. The molecule has 0 spiro atoms. The number of carbonyl (C=O) groups is 2. The lowest BCUT2D eigenvalue weighted by atomic mass is 10.3. The fourth-order valence-corrected chi connectivity index (χ4v) is 1.00. The zero-order valence-electron chi connectivity index (χ0n) is 11.5. The summed E-state index contributed by atoms with van der Waals surface area (Å²) >= 11 is 0.